The second kappa shape index (κ2) is 9.13. The van der Waals surface area contributed by atoms with E-state index in [9.17, 15) is 27.9 Å². The van der Waals surface area contributed by atoms with Crippen LogP contribution < -0.4 is 16.0 Å². The van der Waals surface area contributed by atoms with E-state index in [-0.39, 0.29) is 12.2 Å². The quantitative estimate of drug-likeness (QED) is 0.423. The predicted octanol–water partition coefficient (Wildman–Crippen LogP) is 3.13. The molecule has 4 N–H and O–H groups in total. The number of carboxylic acid groups (broad SMARTS) is 1. The number of hydrogen-bond donors (Lipinski definition) is 3. The van der Waals surface area contributed by atoms with E-state index in [2.05, 4.69) is 5.32 Å². The van der Waals surface area contributed by atoms with Crippen molar-refractivity contribution in [2.24, 2.45) is 11.1 Å². The predicted molar refractivity (Wildman–Crippen MR) is 142 cm³/mol. The van der Waals surface area contributed by atoms with Gasteiger partial charge in [0.15, 0.2) is 9.84 Å². The molecule has 10 nitrogen and oxygen atoms in total. The monoisotopic (exact) mass is 569 g/mol. The van der Waals surface area contributed by atoms with Gasteiger partial charge in [-0.25, -0.2) is 12.8 Å². The molecule has 3 saturated carbocycles. The van der Waals surface area contributed by atoms with Gasteiger partial charge in [-0.15, -0.1) is 0 Å². The van der Waals surface area contributed by atoms with E-state index in [0.29, 0.717) is 49.7 Å². The zero-order chi connectivity index (χ0) is 28.4. The molecule has 0 radical (unpaired) electrons. The Morgan fingerprint density at radius 1 is 1.10 bits per heavy atom. The first-order chi connectivity index (χ1) is 18.9. The molecule has 2 aromatic carbocycles. The molecule has 4 aliphatic rings. The zero-order valence-corrected chi connectivity index (χ0v) is 22.3. The Morgan fingerprint density at radius 3 is 2.48 bits per heavy atom. The fraction of sp³-hybridized carbons (Fsp3) is 0.393. The number of sulfone groups is 1. The number of carbonyl (C=O) groups is 3. The maximum absolute atomic E-state index is 15.4. The molecule has 1 aliphatic heterocycles. The molecular formula is C28H28FN3O7S. The molecule has 1 atom stereocenters. The van der Waals surface area contributed by atoms with Crippen molar-refractivity contribution >= 4 is 44.3 Å². The number of furan rings is 1. The molecule has 40 heavy (non-hydrogen) atoms. The lowest BCUT2D eigenvalue weighted by Crippen LogP contribution is -2.58. The third-order valence-electron chi connectivity index (χ3n) is 8.84. The number of aliphatic carboxylic acids is 1. The number of carboxylic acids is 1. The van der Waals surface area contributed by atoms with Crippen LogP contribution in [-0.2, 0) is 26.0 Å². The van der Waals surface area contributed by atoms with Crippen LogP contribution in [0.5, 0.6) is 0 Å². The van der Waals surface area contributed by atoms with Crippen molar-refractivity contribution in [3.63, 3.8) is 0 Å². The molecule has 2 amide bonds. The number of nitrogens with two attached hydrogens (primary N) is 1. The summed E-state index contributed by atoms with van der Waals surface area (Å²) >= 11 is 0. The third kappa shape index (κ3) is 4.26. The zero-order valence-electron chi connectivity index (χ0n) is 21.5. The van der Waals surface area contributed by atoms with Crippen LogP contribution in [0.4, 0.5) is 10.1 Å². The standard InChI is InChI=1S/C28H28FN3O7S/c29-19-13-23-21(12-18(19)24(33)31-28-7-4-27(5-8-28,6-9-28)26(35)36)32(25(34)20(30)15-40(23,37)38)14-16-1-2-22-17(11-16)3-10-39-22/h1-3,10-13,20H,4-9,14-15,30H2,(H,31,33)(H,35,36)/t20-,27?,28?/m0/s1. The summed E-state index contributed by atoms with van der Waals surface area (Å²) in [6.07, 6.45) is 4.10. The van der Waals surface area contributed by atoms with Gasteiger partial charge >= 0.3 is 5.97 Å². The molecule has 0 saturated heterocycles. The molecule has 3 aliphatic carbocycles. The Hall–Kier alpha value is -3.77. The highest BCUT2D eigenvalue weighted by molar-refractivity contribution is 7.91. The number of benzene rings is 2. The van der Waals surface area contributed by atoms with E-state index in [4.69, 9.17) is 10.2 Å². The van der Waals surface area contributed by atoms with Crippen molar-refractivity contribution in [3.8, 4) is 0 Å². The first kappa shape index (κ1) is 26.5. The lowest BCUT2D eigenvalue weighted by molar-refractivity contribution is -0.156. The second-order valence-corrected chi connectivity index (χ2v) is 13.2. The van der Waals surface area contributed by atoms with Gasteiger partial charge in [-0.2, -0.15) is 0 Å². The Bertz CT molecular complexity index is 1660. The van der Waals surface area contributed by atoms with E-state index in [0.717, 1.165) is 17.5 Å². The summed E-state index contributed by atoms with van der Waals surface area (Å²) in [7, 11) is -4.16. The van der Waals surface area contributed by atoms with Gasteiger partial charge in [0.05, 0.1) is 46.2 Å². The fourth-order valence-electron chi connectivity index (χ4n) is 6.36. The number of carbonyl (C=O) groups excluding carboxylic acids is 2. The van der Waals surface area contributed by atoms with Gasteiger partial charge in [-0.3, -0.25) is 14.4 Å². The van der Waals surface area contributed by atoms with Crippen LogP contribution in [0.2, 0.25) is 0 Å². The van der Waals surface area contributed by atoms with E-state index in [1.165, 1.54) is 11.2 Å². The Balaban J connectivity index is 1.37. The smallest absolute Gasteiger partial charge is 0.309 e. The topological polar surface area (TPSA) is 160 Å². The molecule has 3 fully saturated rings. The van der Waals surface area contributed by atoms with Crippen molar-refractivity contribution in [1.82, 2.24) is 5.32 Å². The van der Waals surface area contributed by atoms with Crippen LogP contribution in [0.3, 0.4) is 0 Å². The third-order valence-corrected chi connectivity index (χ3v) is 10.6. The molecule has 2 heterocycles. The van der Waals surface area contributed by atoms with Gasteiger partial charge < -0.3 is 25.5 Å². The van der Waals surface area contributed by atoms with Crippen molar-refractivity contribution in [2.45, 2.75) is 61.5 Å². The molecule has 0 spiro atoms. The Kier molecular flexibility index (Phi) is 6.04. The van der Waals surface area contributed by atoms with E-state index in [1.54, 1.807) is 24.3 Å². The fourth-order valence-corrected chi connectivity index (χ4v) is 7.92. The maximum atomic E-state index is 15.4. The minimum absolute atomic E-state index is 0.0654. The normalized spacial score (nSPS) is 27.3. The largest absolute Gasteiger partial charge is 0.481 e. The molecule has 210 valence electrons. The van der Waals surface area contributed by atoms with E-state index < -0.39 is 66.6 Å². The molecule has 1 aromatic heterocycles. The lowest BCUT2D eigenvalue weighted by Gasteiger charge is -2.51. The van der Waals surface area contributed by atoms with Gasteiger partial charge in [0.2, 0.25) is 5.91 Å². The number of nitrogens with zero attached hydrogens (tertiary/aromatic N) is 1. The average molecular weight is 570 g/mol. The first-order valence-electron chi connectivity index (χ1n) is 13.1. The van der Waals surface area contributed by atoms with Crippen LogP contribution >= 0.6 is 0 Å². The summed E-state index contributed by atoms with van der Waals surface area (Å²) in [4.78, 5) is 39.3. The van der Waals surface area contributed by atoms with Crippen molar-refractivity contribution in [3.05, 3.63) is 59.6 Å². The molecule has 3 aromatic rings. The first-order valence-corrected chi connectivity index (χ1v) is 14.7. The summed E-state index contributed by atoms with van der Waals surface area (Å²) in [6.45, 7) is -0.0654. The van der Waals surface area contributed by atoms with Crippen molar-refractivity contribution < 1.29 is 36.7 Å². The summed E-state index contributed by atoms with van der Waals surface area (Å²) < 4.78 is 47.0. The van der Waals surface area contributed by atoms with Crippen molar-refractivity contribution in [2.75, 3.05) is 10.7 Å². The van der Waals surface area contributed by atoms with E-state index >= 15 is 4.39 Å². The van der Waals surface area contributed by atoms with Crippen LogP contribution in [-0.4, -0.2) is 48.6 Å². The summed E-state index contributed by atoms with van der Waals surface area (Å²) in [5.41, 5.74) is 5.30. The number of fused-ring (bicyclic) bond motifs is 5. The lowest BCUT2D eigenvalue weighted by atomic mass is 9.57. The van der Waals surface area contributed by atoms with Crippen LogP contribution in [0, 0.1) is 11.2 Å². The second-order valence-electron chi connectivity index (χ2n) is 11.2. The van der Waals surface area contributed by atoms with Crippen LogP contribution in [0.15, 0.2) is 52.0 Å². The molecule has 2 bridgehead atoms. The van der Waals surface area contributed by atoms with Gasteiger partial charge in [-0.1, -0.05) is 6.07 Å². The summed E-state index contributed by atoms with van der Waals surface area (Å²) in [5, 5.41) is 13.3. The SMILES string of the molecule is N[C@H]1CS(=O)(=O)c2cc(F)c(C(=O)NC34CCC(C(=O)O)(CC3)CC4)cc2N(Cc2ccc3occc3c2)C1=O. The number of hydrogen-bond acceptors (Lipinski definition) is 7. The molecule has 7 rings (SSSR count). The number of amides is 2. The molecule has 0 unspecified atom stereocenters. The minimum Gasteiger partial charge on any atom is -0.481 e. The Labute approximate surface area is 229 Å². The minimum atomic E-state index is -4.16. The van der Waals surface area contributed by atoms with Gasteiger partial charge in [0, 0.05) is 10.9 Å². The van der Waals surface area contributed by atoms with Gasteiger partial charge in [-0.05, 0) is 74.4 Å². The number of rotatable bonds is 5. The maximum Gasteiger partial charge on any atom is 0.309 e. The number of halogens is 1. The van der Waals surface area contributed by atoms with Crippen molar-refractivity contribution in [1.29, 1.82) is 0 Å². The molecular weight excluding hydrogens is 541 g/mol. The van der Waals surface area contributed by atoms with Gasteiger partial charge in [0.1, 0.15) is 11.4 Å². The number of nitrogens with one attached hydrogen (secondary N) is 1. The van der Waals surface area contributed by atoms with Gasteiger partial charge in [0.25, 0.3) is 5.91 Å². The highest BCUT2D eigenvalue weighted by Crippen LogP contribution is 2.52. The van der Waals surface area contributed by atoms with Crippen LogP contribution in [0.25, 0.3) is 11.0 Å². The van der Waals surface area contributed by atoms with Crippen LogP contribution in [0.1, 0.15) is 54.4 Å². The summed E-state index contributed by atoms with van der Waals surface area (Å²) in [5.74, 6) is -3.99. The average Bonchev–Trinajstić information content (AvgIpc) is 3.37. The highest BCUT2D eigenvalue weighted by Gasteiger charge is 2.53. The molecule has 12 heteroatoms. The van der Waals surface area contributed by atoms with E-state index in [1.807, 2.05) is 0 Å². The Morgan fingerprint density at radius 2 is 1.80 bits per heavy atom. The summed E-state index contributed by atoms with van der Waals surface area (Å²) in [6, 6.07) is 7.50. The highest BCUT2D eigenvalue weighted by atomic mass is 32.2. The number of anilines is 1.